The van der Waals surface area contributed by atoms with Crippen molar-refractivity contribution >= 4 is 0 Å². The van der Waals surface area contributed by atoms with E-state index in [1.54, 1.807) is 0 Å². The molecule has 0 fully saturated rings. The molecule has 1 aromatic heterocycles. The number of imidazole rings is 1. The van der Waals surface area contributed by atoms with E-state index in [1.807, 2.05) is 19.4 Å². The molecule has 0 aliphatic rings. The predicted octanol–water partition coefficient (Wildman–Crippen LogP) is 1.35. The van der Waals surface area contributed by atoms with E-state index in [1.165, 1.54) is 25.1 Å². The molecular weight excluding hydrogens is 162 g/mol. The molecule has 1 heterocycles. The maximum Gasteiger partial charge on any atom is 0.108 e. The Bertz CT molecular complexity index is 230. The van der Waals surface area contributed by atoms with Crippen molar-refractivity contribution in [1.29, 1.82) is 0 Å². The number of nitrogens with zero attached hydrogens (tertiary/aromatic N) is 2. The fraction of sp³-hybridized carbons (Fsp3) is 0.700. The van der Waals surface area contributed by atoms with E-state index < -0.39 is 0 Å². The molecule has 0 spiro atoms. The van der Waals surface area contributed by atoms with Crippen molar-refractivity contribution < 1.29 is 0 Å². The highest BCUT2D eigenvalue weighted by molar-refractivity contribution is 4.90. The first-order valence-corrected chi connectivity index (χ1v) is 4.95. The van der Waals surface area contributed by atoms with Crippen LogP contribution in [0.1, 0.15) is 25.1 Å². The van der Waals surface area contributed by atoms with E-state index in [2.05, 4.69) is 21.9 Å². The molecule has 1 N–H and O–H groups in total. The van der Waals surface area contributed by atoms with Crippen LogP contribution in [0, 0.1) is 0 Å². The summed E-state index contributed by atoms with van der Waals surface area (Å²) in [5, 5.41) is 3.15. The van der Waals surface area contributed by atoms with E-state index in [-0.39, 0.29) is 0 Å². The second-order valence-corrected chi connectivity index (χ2v) is 3.37. The van der Waals surface area contributed by atoms with Gasteiger partial charge in [-0.15, -0.1) is 0 Å². The lowest BCUT2D eigenvalue weighted by Gasteiger charge is -2.01. The summed E-state index contributed by atoms with van der Waals surface area (Å²) in [4.78, 5) is 4.28. The maximum atomic E-state index is 4.28. The minimum absolute atomic E-state index is 1.10. The monoisotopic (exact) mass is 181 g/mol. The van der Waals surface area contributed by atoms with Crippen LogP contribution in [-0.2, 0) is 13.5 Å². The van der Waals surface area contributed by atoms with Crippen molar-refractivity contribution in [2.45, 2.75) is 25.7 Å². The third-order valence-corrected chi connectivity index (χ3v) is 2.25. The molecule has 0 aromatic carbocycles. The van der Waals surface area contributed by atoms with Crippen LogP contribution in [0.3, 0.4) is 0 Å². The van der Waals surface area contributed by atoms with Gasteiger partial charge in [-0.1, -0.05) is 6.42 Å². The van der Waals surface area contributed by atoms with Crippen LogP contribution in [0.2, 0.25) is 0 Å². The first-order chi connectivity index (χ1) is 6.34. The molecule has 0 aliphatic heterocycles. The Kier molecular flexibility index (Phi) is 4.54. The molecule has 0 saturated heterocycles. The average Bonchev–Trinajstić information content (AvgIpc) is 2.52. The maximum absolute atomic E-state index is 4.28. The Labute approximate surface area is 80.2 Å². The van der Waals surface area contributed by atoms with Gasteiger partial charge in [0.2, 0.25) is 0 Å². The lowest BCUT2D eigenvalue weighted by atomic mass is 10.2. The number of unbranched alkanes of at least 4 members (excludes halogenated alkanes) is 2. The largest absolute Gasteiger partial charge is 0.338 e. The summed E-state index contributed by atoms with van der Waals surface area (Å²) in [5.41, 5.74) is 0. The molecular formula is C10H19N3. The first kappa shape index (κ1) is 10.3. The summed E-state index contributed by atoms with van der Waals surface area (Å²) in [7, 11) is 4.05. The number of aryl methyl sites for hydroxylation is 2. The van der Waals surface area contributed by atoms with Crippen LogP contribution < -0.4 is 5.32 Å². The number of nitrogens with one attached hydrogen (secondary N) is 1. The smallest absolute Gasteiger partial charge is 0.108 e. The highest BCUT2D eigenvalue weighted by Crippen LogP contribution is 2.03. The van der Waals surface area contributed by atoms with Gasteiger partial charge < -0.3 is 9.88 Å². The Morgan fingerprint density at radius 2 is 2.23 bits per heavy atom. The molecule has 0 atom stereocenters. The van der Waals surface area contributed by atoms with Gasteiger partial charge >= 0.3 is 0 Å². The SMILES string of the molecule is CNCCCCCc1nccn1C. The summed E-state index contributed by atoms with van der Waals surface area (Å²) in [6.07, 6.45) is 8.76. The minimum atomic E-state index is 1.10. The van der Waals surface area contributed by atoms with Gasteiger partial charge in [0.15, 0.2) is 0 Å². The van der Waals surface area contributed by atoms with Crippen LogP contribution in [0.4, 0.5) is 0 Å². The van der Waals surface area contributed by atoms with Crippen LogP contribution in [0.25, 0.3) is 0 Å². The lowest BCUT2D eigenvalue weighted by Crippen LogP contribution is -2.07. The van der Waals surface area contributed by atoms with E-state index in [0.29, 0.717) is 0 Å². The minimum Gasteiger partial charge on any atom is -0.338 e. The fourth-order valence-electron chi connectivity index (χ4n) is 1.40. The standard InChI is InChI=1S/C10H19N3/c1-11-7-5-3-4-6-10-12-8-9-13(10)2/h8-9,11H,3-7H2,1-2H3. The fourth-order valence-corrected chi connectivity index (χ4v) is 1.40. The summed E-state index contributed by atoms with van der Waals surface area (Å²) >= 11 is 0. The Morgan fingerprint density at radius 3 is 2.85 bits per heavy atom. The molecule has 0 amide bonds. The van der Waals surface area contributed by atoms with Gasteiger partial charge in [0.1, 0.15) is 5.82 Å². The van der Waals surface area contributed by atoms with E-state index in [4.69, 9.17) is 0 Å². The van der Waals surface area contributed by atoms with E-state index >= 15 is 0 Å². The van der Waals surface area contributed by atoms with Crippen LogP contribution in [0.15, 0.2) is 12.4 Å². The van der Waals surface area contributed by atoms with Gasteiger partial charge in [-0.3, -0.25) is 0 Å². The number of rotatable bonds is 6. The molecule has 13 heavy (non-hydrogen) atoms. The molecule has 0 bridgehead atoms. The summed E-state index contributed by atoms with van der Waals surface area (Å²) in [6, 6.07) is 0. The Morgan fingerprint density at radius 1 is 1.38 bits per heavy atom. The molecule has 0 aliphatic carbocycles. The second kappa shape index (κ2) is 5.75. The van der Waals surface area contributed by atoms with Gasteiger partial charge in [-0.05, 0) is 26.4 Å². The van der Waals surface area contributed by atoms with Gasteiger partial charge in [-0.2, -0.15) is 0 Å². The average molecular weight is 181 g/mol. The zero-order chi connectivity index (χ0) is 9.52. The van der Waals surface area contributed by atoms with Gasteiger partial charge in [0, 0.05) is 25.9 Å². The molecule has 3 nitrogen and oxygen atoms in total. The molecule has 0 saturated carbocycles. The molecule has 0 unspecified atom stereocenters. The van der Waals surface area contributed by atoms with Gasteiger partial charge in [0.25, 0.3) is 0 Å². The summed E-state index contributed by atoms with van der Waals surface area (Å²) in [5.74, 6) is 1.20. The predicted molar refractivity (Wildman–Crippen MR) is 54.7 cm³/mol. The molecule has 1 aromatic rings. The molecule has 74 valence electrons. The summed E-state index contributed by atoms with van der Waals surface area (Å²) in [6.45, 7) is 1.13. The number of aromatic nitrogens is 2. The van der Waals surface area contributed by atoms with Crippen molar-refractivity contribution in [2.75, 3.05) is 13.6 Å². The van der Waals surface area contributed by atoms with Crippen LogP contribution in [-0.4, -0.2) is 23.1 Å². The van der Waals surface area contributed by atoms with Crippen molar-refractivity contribution in [2.24, 2.45) is 7.05 Å². The topological polar surface area (TPSA) is 29.9 Å². The van der Waals surface area contributed by atoms with Crippen molar-refractivity contribution in [1.82, 2.24) is 14.9 Å². The van der Waals surface area contributed by atoms with Gasteiger partial charge in [-0.25, -0.2) is 4.98 Å². The van der Waals surface area contributed by atoms with E-state index in [9.17, 15) is 0 Å². The van der Waals surface area contributed by atoms with Crippen molar-refractivity contribution in [3.63, 3.8) is 0 Å². The highest BCUT2D eigenvalue weighted by atomic mass is 15.0. The third-order valence-electron chi connectivity index (χ3n) is 2.25. The summed E-state index contributed by atoms with van der Waals surface area (Å²) < 4.78 is 2.10. The second-order valence-electron chi connectivity index (χ2n) is 3.37. The Balaban J connectivity index is 2.10. The molecule has 0 radical (unpaired) electrons. The first-order valence-electron chi connectivity index (χ1n) is 4.95. The van der Waals surface area contributed by atoms with Gasteiger partial charge in [0.05, 0.1) is 0 Å². The third kappa shape index (κ3) is 3.59. The van der Waals surface area contributed by atoms with E-state index in [0.717, 1.165) is 13.0 Å². The highest BCUT2D eigenvalue weighted by Gasteiger charge is 1.97. The van der Waals surface area contributed by atoms with Crippen molar-refractivity contribution in [3.8, 4) is 0 Å². The normalized spacial score (nSPS) is 10.6. The van der Waals surface area contributed by atoms with Crippen molar-refractivity contribution in [3.05, 3.63) is 18.2 Å². The quantitative estimate of drug-likeness (QED) is 0.671. The Hall–Kier alpha value is -0.830. The zero-order valence-corrected chi connectivity index (χ0v) is 8.58. The molecule has 1 rings (SSSR count). The number of hydrogen-bond acceptors (Lipinski definition) is 2. The number of hydrogen-bond donors (Lipinski definition) is 1. The van der Waals surface area contributed by atoms with Crippen LogP contribution in [0.5, 0.6) is 0 Å². The lowest BCUT2D eigenvalue weighted by molar-refractivity contribution is 0.623. The zero-order valence-electron chi connectivity index (χ0n) is 8.58. The molecule has 3 heteroatoms. The van der Waals surface area contributed by atoms with Crippen LogP contribution >= 0.6 is 0 Å².